The van der Waals surface area contributed by atoms with Crippen LogP contribution in [0.4, 0.5) is 0 Å². The molecule has 5 heteroatoms. The lowest BCUT2D eigenvalue weighted by Crippen LogP contribution is -2.15. The Hall–Kier alpha value is -2.59. The summed E-state index contributed by atoms with van der Waals surface area (Å²) in [7, 11) is 0. The highest BCUT2D eigenvalue weighted by molar-refractivity contribution is 6.32. The van der Waals surface area contributed by atoms with Crippen LogP contribution >= 0.6 is 11.6 Å². The number of nitrogens with zero attached hydrogens (tertiary/aromatic N) is 1. The Balaban J connectivity index is 1.44. The maximum absolute atomic E-state index is 11.5. The topological polar surface area (TPSA) is 48.4 Å². The monoisotopic (exact) mass is 409 g/mol. The van der Waals surface area contributed by atoms with Crippen molar-refractivity contribution in [3.8, 4) is 17.4 Å². The van der Waals surface area contributed by atoms with E-state index in [1.807, 2.05) is 30.3 Å². The van der Waals surface area contributed by atoms with E-state index in [1.54, 1.807) is 25.1 Å². The number of aromatic nitrogens is 1. The lowest BCUT2D eigenvalue weighted by atomic mass is 9.90. The summed E-state index contributed by atoms with van der Waals surface area (Å²) in [6, 6.07) is 14.6. The summed E-state index contributed by atoms with van der Waals surface area (Å²) in [5.74, 6) is 2.42. The fourth-order valence-corrected chi connectivity index (χ4v) is 3.95. The van der Waals surface area contributed by atoms with E-state index in [-0.39, 0.29) is 5.78 Å². The second-order valence-electron chi connectivity index (χ2n) is 7.62. The summed E-state index contributed by atoms with van der Waals surface area (Å²) in [5, 5.41) is 1.43. The highest BCUT2D eigenvalue weighted by Crippen LogP contribution is 2.33. The molecule has 1 saturated carbocycles. The first-order valence-corrected chi connectivity index (χ1v) is 10.5. The van der Waals surface area contributed by atoms with E-state index in [2.05, 4.69) is 4.98 Å². The minimum Gasteiger partial charge on any atom is -0.492 e. The number of fused-ring (bicyclic) bond motifs is 1. The molecule has 0 N–H and O–H groups in total. The molecule has 0 bridgehead atoms. The van der Waals surface area contributed by atoms with Crippen molar-refractivity contribution in [3.63, 3.8) is 0 Å². The zero-order valence-corrected chi connectivity index (χ0v) is 17.2. The highest BCUT2D eigenvalue weighted by atomic mass is 35.5. The first kappa shape index (κ1) is 19.7. The summed E-state index contributed by atoms with van der Waals surface area (Å²) >= 11 is 6.40. The Morgan fingerprint density at radius 3 is 2.66 bits per heavy atom. The minimum atomic E-state index is 0.0349. The quantitative estimate of drug-likeness (QED) is 0.418. The van der Waals surface area contributed by atoms with Crippen LogP contribution in [-0.4, -0.2) is 17.4 Å². The van der Waals surface area contributed by atoms with E-state index in [9.17, 15) is 4.79 Å². The molecule has 4 nitrogen and oxygen atoms in total. The third-order valence-electron chi connectivity index (χ3n) is 5.40. The summed E-state index contributed by atoms with van der Waals surface area (Å²) in [4.78, 5) is 16.0. The maximum Gasteiger partial charge on any atom is 0.219 e. The zero-order chi connectivity index (χ0) is 20.2. The molecule has 1 aliphatic rings. The standard InChI is InChI=1S/C24H24ClNO3/c1-16(27)18-7-10-22-19(13-18)8-12-24(26-22)29-20-9-11-23(21(25)14-20)28-15-17-5-3-2-4-6-17/h7-14,17H,2-6,15H2,1H3. The molecule has 0 radical (unpaired) electrons. The second kappa shape index (κ2) is 8.83. The van der Waals surface area contributed by atoms with Gasteiger partial charge in [-0.05, 0) is 62.1 Å². The van der Waals surface area contributed by atoms with Crippen molar-refractivity contribution in [1.82, 2.24) is 4.98 Å². The van der Waals surface area contributed by atoms with E-state index in [0.29, 0.717) is 40.5 Å². The number of carbonyl (C=O) groups excluding carboxylic acids is 1. The Morgan fingerprint density at radius 1 is 1.07 bits per heavy atom. The molecule has 1 aliphatic carbocycles. The van der Waals surface area contributed by atoms with Gasteiger partial charge in [-0.15, -0.1) is 0 Å². The Morgan fingerprint density at radius 2 is 1.90 bits per heavy atom. The van der Waals surface area contributed by atoms with Crippen LogP contribution in [0.15, 0.2) is 48.5 Å². The maximum atomic E-state index is 11.5. The van der Waals surface area contributed by atoms with Crippen molar-refractivity contribution in [2.24, 2.45) is 5.92 Å². The molecule has 0 unspecified atom stereocenters. The summed E-state index contributed by atoms with van der Waals surface area (Å²) in [6.45, 7) is 2.27. The first-order valence-electron chi connectivity index (χ1n) is 10.1. The molecule has 150 valence electrons. The van der Waals surface area contributed by atoms with Crippen molar-refractivity contribution in [3.05, 3.63) is 59.1 Å². The largest absolute Gasteiger partial charge is 0.492 e. The van der Waals surface area contributed by atoms with E-state index >= 15 is 0 Å². The van der Waals surface area contributed by atoms with Crippen LogP contribution in [0, 0.1) is 5.92 Å². The number of pyridine rings is 1. The van der Waals surface area contributed by atoms with Crippen LogP contribution in [-0.2, 0) is 0 Å². The fraction of sp³-hybridized carbons (Fsp3) is 0.333. The molecule has 1 fully saturated rings. The average Bonchev–Trinajstić information content (AvgIpc) is 2.73. The molecular weight excluding hydrogens is 386 g/mol. The van der Waals surface area contributed by atoms with E-state index in [1.165, 1.54) is 32.1 Å². The predicted octanol–water partition coefficient (Wildman–Crippen LogP) is 6.84. The third kappa shape index (κ3) is 4.88. The number of ketones is 1. The molecule has 0 amide bonds. The van der Waals surface area contributed by atoms with Crippen molar-refractivity contribution < 1.29 is 14.3 Å². The number of benzene rings is 2. The van der Waals surface area contributed by atoms with Gasteiger partial charge < -0.3 is 9.47 Å². The van der Waals surface area contributed by atoms with Gasteiger partial charge in [0.2, 0.25) is 5.88 Å². The number of rotatable bonds is 6. The molecule has 4 rings (SSSR count). The van der Waals surface area contributed by atoms with Crippen LogP contribution < -0.4 is 9.47 Å². The molecule has 29 heavy (non-hydrogen) atoms. The molecule has 0 aliphatic heterocycles. The first-order chi connectivity index (χ1) is 14.1. The smallest absolute Gasteiger partial charge is 0.219 e. The second-order valence-corrected chi connectivity index (χ2v) is 8.03. The number of halogens is 1. The van der Waals surface area contributed by atoms with Crippen LogP contribution in [0.3, 0.4) is 0 Å². The predicted molar refractivity (Wildman–Crippen MR) is 115 cm³/mol. The van der Waals surface area contributed by atoms with Crippen LogP contribution in [0.5, 0.6) is 17.4 Å². The molecule has 1 heterocycles. The normalized spacial score (nSPS) is 14.7. The molecule has 0 saturated heterocycles. The third-order valence-corrected chi connectivity index (χ3v) is 5.69. The SMILES string of the molecule is CC(=O)c1ccc2nc(Oc3ccc(OCC4CCCCC4)c(Cl)c3)ccc2c1. The van der Waals surface area contributed by atoms with Gasteiger partial charge in [-0.1, -0.05) is 30.9 Å². The van der Waals surface area contributed by atoms with E-state index in [4.69, 9.17) is 21.1 Å². The Kier molecular flexibility index (Phi) is 6.00. The van der Waals surface area contributed by atoms with Crippen molar-refractivity contribution in [2.75, 3.05) is 6.61 Å². The van der Waals surface area contributed by atoms with Gasteiger partial charge in [0.1, 0.15) is 11.5 Å². The lowest BCUT2D eigenvalue weighted by molar-refractivity contribution is 0.101. The van der Waals surface area contributed by atoms with Gasteiger partial charge in [0, 0.05) is 23.1 Å². The summed E-state index contributed by atoms with van der Waals surface area (Å²) in [5.41, 5.74) is 1.44. The molecule has 2 aromatic carbocycles. The van der Waals surface area contributed by atoms with Crippen LogP contribution in [0.1, 0.15) is 49.4 Å². The number of carbonyl (C=O) groups is 1. The molecule has 0 atom stereocenters. The molecule has 0 spiro atoms. The van der Waals surface area contributed by atoms with Crippen molar-refractivity contribution in [1.29, 1.82) is 0 Å². The van der Waals surface area contributed by atoms with Gasteiger partial charge >= 0.3 is 0 Å². The molecule has 1 aromatic heterocycles. The Bertz CT molecular complexity index is 1030. The molecule has 3 aromatic rings. The number of hydrogen-bond donors (Lipinski definition) is 0. The average molecular weight is 410 g/mol. The van der Waals surface area contributed by atoms with Gasteiger partial charge in [-0.25, -0.2) is 4.98 Å². The lowest BCUT2D eigenvalue weighted by Gasteiger charge is -2.22. The number of Topliss-reactive ketones (excluding diaryl/α,β-unsaturated/α-hetero) is 1. The van der Waals surface area contributed by atoms with Crippen molar-refractivity contribution >= 4 is 28.3 Å². The summed E-state index contributed by atoms with van der Waals surface area (Å²) in [6.07, 6.45) is 6.40. The van der Waals surface area contributed by atoms with Gasteiger partial charge in [0.25, 0.3) is 0 Å². The van der Waals surface area contributed by atoms with Gasteiger partial charge in [0.05, 0.1) is 17.1 Å². The minimum absolute atomic E-state index is 0.0349. The van der Waals surface area contributed by atoms with Crippen molar-refractivity contribution in [2.45, 2.75) is 39.0 Å². The van der Waals surface area contributed by atoms with E-state index < -0.39 is 0 Å². The zero-order valence-electron chi connectivity index (χ0n) is 16.5. The van der Waals surface area contributed by atoms with Gasteiger partial charge in [-0.3, -0.25) is 4.79 Å². The van der Waals surface area contributed by atoms with Gasteiger partial charge in [-0.2, -0.15) is 0 Å². The Labute approximate surface area is 175 Å². The van der Waals surface area contributed by atoms with Crippen LogP contribution in [0.2, 0.25) is 5.02 Å². The number of ether oxygens (including phenoxy) is 2. The number of hydrogen-bond acceptors (Lipinski definition) is 4. The van der Waals surface area contributed by atoms with Gasteiger partial charge in [0.15, 0.2) is 5.78 Å². The van der Waals surface area contributed by atoms with Crippen LogP contribution in [0.25, 0.3) is 10.9 Å². The summed E-state index contributed by atoms with van der Waals surface area (Å²) < 4.78 is 11.8. The molecular formula is C24H24ClNO3. The van der Waals surface area contributed by atoms with E-state index in [0.717, 1.165) is 10.9 Å². The fourth-order valence-electron chi connectivity index (χ4n) is 3.73. The highest BCUT2D eigenvalue weighted by Gasteiger charge is 2.15.